The molecule has 0 bridgehead atoms. The van der Waals surface area contributed by atoms with Crippen molar-refractivity contribution in [1.29, 1.82) is 0 Å². The van der Waals surface area contributed by atoms with Gasteiger partial charge in [-0.05, 0) is 38.4 Å². The molecule has 0 atom stereocenters. The van der Waals surface area contributed by atoms with Crippen molar-refractivity contribution in [2.24, 2.45) is 0 Å². The van der Waals surface area contributed by atoms with Gasteiger partial charge in [0.1, 0.15) is 9.88 Å². The molecule has 1 saturated heterocycles. The van der Waals surface area contributed by atoms with E-state index in [-0.39, 0.29) is 5.91 Å². The zero-order valence-electron chi connectivity index (χ0n) is 11.8. The highest BCUT2D eigenvalue weighted by Crippen LogP contribution is 2.44. The third-order valence-electron chi connectivity index (χ3n) is 3.85. The summed E-state index contributed by atoms with van der Waals surface area (Å²) < 4.78 is 0. The van der Waals surface area contributed by atoms with Crippen LogP contribution in [0.25, 0.3) is 0 Å². The van der Waals surface area contributed by atoms with Crippen LogP contribution in [-0.4, -0.2) is 31.3 Å². The van der Waals surface area contributed by atoms with E-state index in [1.54, 1.807) is 23.1 Å². The van der Waals surface area contributed by atoms with E-state index < -0.39 is 0 Å². The number of thiophene rings is 1. The van der Waals surface area contributed by atoms with Gasteiger partial charge in [-0.25, -0.2) is 0 Å². The van der Waals surface area contributed by atoms with Gasteiger partial charge in [0.05, 0.1) is 10.6 Å². The summed E-state index contributed by atoms with van der Waals surface area (Å²) in [5.41, 5.74) is 6.89. The first kappa shape index (κ1) is 14.1. The van der Waals surface area contributed by atoms with Crippen molar-refractivity contribution < 1.29 is 4.79 Å². The summed E-state index contributed by atoms with van der Waals surface area (Å²) in [6.07, 6.45) is 8.01. The van der Waals surface area contributed by atoms with Crippen molar-refractivity contribution in [2.75, 3.05) is 30.0 Å². The maximum absolute atomic E-state index is 12.3. The number of anilines is 2. The highest BCUT2D eigenvalue weighted by Gasteiger charge is 2.28. The number of piperidine rings is 1. The monoisotopic (exact) mass is 311 g/mol. The molecule has 3 rings (SSSR count). The summed E-state index contributed by atoms with van der Waals surface area (Å²) in [6, 6.07) is 0.375. The Kier molecular flexibility index (Phi) is 4.12. The Bertz CT molecular complexity index is 505. The average Bonchev–Trinajstić information content (AvgIpc) is 3.21. The third kappa shape index (κ3) is 2.76. The smallest absolute Gasteiger partial charge is 0.263 e. The molecular weight excluding hydrogens is 290 g/mol. The van der Waals surface area contributed by atoms with E-state index in [0.29, 0.717) is 16.6 Å². The Balaban J connectivity index is 1.86. The molecule has 0 radical (unpaired) electrons. The maximum atomic E-state index is 12.3. The minimum absolute atomic E-state index is 0.00793. The Morgan fingerprint density at radius 2 is 2.05 bits per heavy atom. The lowest BCUT2D eigenvalue weighted by Gasteiger charge is -2.28. The van der Waals surface area contributed by atoms with Crippen molar-refractivity contribution in [3.8, 4) is 0 Å². The summed E-state index contributed by atoms with van der Waals surface area (Å²) >= 11 is 3.22. The summed E-state index contributed by atoms with van der Waals surface area (Å²) in [5.74, 6) is 0.00793. The quantitative estimate of drug-likeness (QED) is 0.839. The van der Waals surface area contributed by atoms with E-state index in [4.69, 9.17) is 5.73 Å². The van der Waals surface area contributed by atoms with Gasteiger partial charge in [0.25, 0.3) is 5.91 Å². The molecular formula is C14H21N3OS2. The largest absolute Gasteiger partial charge is 0.396 e. The third-order valence-corrected chi connectivity index (χ3v) is 6.06. The number of thioether (sulfide) groups is 1. The van der Waals surface area contributed by atoms with Gasteiger partial charge < -0.3 is 16.0 Å². The van der Waals surface area contributed by atoms with Gasteiger partial charge in [0.2, 0.25) is 0 Å². The fraction of sp³-hybridized carbons (Fsp3) is 0.643. The molecule has 1 aromatic rings. The fourth-order valence-corrected chi connectivity index (χ4v) is 4.70. The van der Waals surface area contributed by atoms with Gasteiger partial charge in [-0.3, -0.25) is 4.79 Å². The molecule has 1 saturated carbocycles. The topological polar surface area (TPSA) is 58.4 Å². The molecule has 1 aliphatic heterocycles. The van der Waals surface area contributed by atoms with Crippen molar-refractivity contribution in [1.82, 2.24) is 5.32 Å². The maximum Gasteiger partial charge on any atom is 0.263 e. The van der Waals surface area contributed by atoms with Gasteiger partial charge in [0, 0.05) is 19.1 Å². The van der Waals surface area contributed by atoms with Crippen LogP contribution >= 0.6 is 23.1 Å². The number of nitrogens with two attached hydrogens (primary N) is 1. The first-order valence-corrected chi connectivity index (χ1v) is 9.27. The Hall–Kier alpha value is -0.880. The SMILES string of the molecule is CSc1c(N2CCCCC2)sc(C(=O)NC2CC2)c1N. The lowest BCUT2D eigenvalue weighted by molar-refractivity contribution is 0.0956. The van der Waals surface area contributed by atoms with Gasteiger partial charge >= 0.3 is 0 Å². The van der Waals surface area contributed by atoms with Crippen LogP contribution in [0.15, 0.2) is 4.90 Å². The molecule has 2 fully saturated rings. The molecule has 0 unspecified atom stereocenters. The molecule has 0 aromatic carbocycles. The Labute approximate surface area is 128 Å². The second-order valence-electron chi connectivity index (χ2n) is 5.48. The number of nitrogen functional groups attached to an aromatic ring is 1. The molecule has 20 heavy (non-hydrogen) atoms. The van der Waals surface area contributed by atoms with Gasteiger partial charge in [0.15, 0.2) is 0 Å². The number of hydrogen-bond acceptors (Lipinski definition) is 5. The number of nitrogens with one attached hydrogen (secondary N) is 1. The summed E-state index contributed by atoms with van der Waals surface area (Å²) in [6.45, 7) is 2.16. The summed E-state index contributed by atoms with van der Waals surface area (Å²) in [7, 11) is 0. The average molecular weight is 311 g/mol. The van der Waals surface area contributed by atoms with Crippen LogP contribution in [0.1, 0.15) is 41.8 Å². The summed E-state index contributed by atoms with van der Waals surface area (Å²) in [4.78, 5) is 16.4. The van der Waals surface area contributed by atoms with Crippen molar-refractivity contribution in [3.63, 3.8) is 0 Å². The molecule has 4 nitrogen and oxygen atoms in total. The molecule has 1 amide bonds. The van der Waals surface area contributed by atoms with Crippen LogP contribution in [-0.2, 0) is 0 Å². The van der Waals surface area contributed by atoms with Gasteiger partial charge in [-0.1, -0.05) is 0 Å². The van der Waals surface area contributed by atoms with Crippen LogP contribution < -0.4 is 16.0 Å². The lowest BCUT2D eigenvalue weighted by Crippen LogP contribution is -2.29. The van der Waals surface area contributed by atoms with E-state index in [0.717, 1.165) is 30.8 Å². The molecule has 2 heterocycles. The number of rotatable bonds is 4. The molecule has 3 N–H and O–H groups in total. The summed E-state index contributed by atoms with van der Waals surface area (Å²) in [5, 5.41) is 4.23. The molecule has 110 valence electrons. The zero-order valence-corrected chi connectivity index (χ0v) is 13.4. The molecule has 6 heteroatoms. The predicted octanol–water partition coefficient (Wildman–Crippen LogP) is 2.93. The number of carbonyl (C=O) groups is 1. The van der Waals surface area contributed by atoms with Gasteiger partial charge in [-0.15, -0.1) is 23.1 Å². The van der Waals surface area contributed by atoms with Crippen molar-refractivity contribution >= 4 is 39.7 Å². The second kappa shape index (κ2) is 5.85. The lowest BCUT2D eigenvalue weighted by atomic mass is 10.1. The van der Waals surface area contributed by atoms with E-state index in [2.05, 4.69) is 10.2 Å². The van der Waals surface area contributed by atoms with Crippen LogP contribution in [0.2, 0.25) is 0 Å². The second-order valence-corrected chi connectivity index (χ2v) is 7.29. The normalized spacial score (nSPS) is 19.1. The van der Waals surface area contributed by atoms with E-state index in [9.17, 15) is 4.79 Å². The number of hydrogen-bond donors (Lipinski definition) is 2. The van der Waals surface area contributed by atoms with Crippen LogP contribution in [0, 0.1) is 0 Å². The molecule has 1 aliphatic carbocycles. The van der Waals surface area contributed by atoms with Crippen LogP contribution in [0.4, 0.5) is 10.7 Å². The van der Waals surface area contributed by atoms with Gasteiger partial charge in [-0.2, -0.15) is 0 Å². The molecule has 2 aliphatic rings. The van der Waals surface area contributed by atoms with Crippen LogP contribution in [0.5, 0.6) is 0 Å². The molecule has 0 spiro atoms. The first-order valence-electron chi connectivity index (χ1n) is 7.22. The van der Waals surface area contributed by atoms with Crippen molar-refractivity contribution in [3.05, 3.63) is 4.88 Å². The molecule has 1 aromatic heterocycles. The highest BCUT2D eigenvalue weighted by molar-refractivity contribution is 7.99. The Morgan fingerprint density at radius 3 is 2.65 bits per heavy atom. The number of nitrogens with zero attached hydrogens (tertiary/aromatic N) is 1. The predicted molar refractivity (Wildman–Crippen MR) is 87.1 cm³/mol. The van der Waals surface area contributed by atoms with E-state index in [1.165, 1.54) is 24.3 Å². The van der Waals surface area contributed by atoms with Crippen molar-refractivity contribution in [2.45, 2.75) is 43.0 Å². The van der Waals surface area contributed by atoms with Crippen LogP contribution in [0.3, 0.4) is 0 Å². The highest BCUT2D eigenvalue weighted by atomic mass is 32.2. The van der Waals surface area contributed by atoms with E-state index in [1.807, 2.05) is 6.26 Å². The minimum Gasteiger partial charge on any atom is -0.396 e. The zero-order chi connectivity index (χ0) is 14.1. The number of carbonyl (C=O) groups excluding carboxylic acids is 1. The Morgan fingerprint density at radius 1 is 1.35 bits per heavy atom. The number of amides is 1. The standard InChI is InChI=1S/C14H21N3OS2/c1-19-12-10(15)11(13(18)16-9-5-6-9)20-14(12)17-7-3-2-4-8-17/h9H,2-8,15H2,1H3,(H,16,18). The minimum atomic E-state index is 0.00793. The first-order chi connectivity index (χ1) is 9.70. The van der Waals surface area contributed by atoms with E-state index >= 15 is 0 Å². The fourth-order valence-electron chi connectivity index (χ4n) is 2.57.